The Morgan fingerprint density at radius 3 is 1.15 bits per heavy atom. The van der Waals surface area contributed by atoms with Gasteiger partial charge in [0, 0.05) is 12.4 Å². The quantitative estimate of drug-likeness (QED) is 0.116. The van der Waals surface area contributed by atoms with E-state index in [9.17, 15) is 0 Å². The zero-order valence-electron chi connectivity index (χ0n) is 25.5. The van der Waals surface area contributed by atoms with Gasteiger partial charge < -0.3 is 13.7 Å². The molecule has 5 nitrogen and oxygen atoms in total. The van der Waals surface area contributed by atoms with E-state index >= 15 is 0 Å². The molecule has 0 radical (unpaired) electrons. The van der Waals surface area contributed by atoms with Crippen molar-refractivity contribution in [1.82, 2.24) is 19.4 Å². The number of hydrogen-bond acceptors (Lipinski definition) is 2. The van der Waals surface area contributed by atoms with Crippen LogP contribution in [0, 0.1) is 0 Å². The predicted octanol–water partition coefficient (Wildman–Crippen LogP) is 6.74. The molecule has 0 amide bonds. The number of rotatable bonds is 16. The highest BCUT2D eigenvalue weighted by molar-refractivity contribution is 6.99. The molecule has 0 aliphatic rings. The van der Waals surface area contributed by atoms with Crippen molar-refractivity contribution in [3.63, 3.8) is 0 Å². The Kier molecular flexibility index (Phi) is 13.2. The summed E-state index contributed by atoms with van der Waals surface area (Å²) < 4.78 is 5.44. The molecule has 0 N–H and O–H groups in total. The van der Waals surface area contributed by atoms with Crippen molar-refractivity contribution in [1.29, 1.82) is 0 Å². The van der Waals surface area contributed by atoms with Crippen molar-refractivity contribution in [3.8, 4) is 0 Å². The van der Waals surface area contributed by atoms with Crippen molar-refractivity contribution in [3.05, 3.63) is 97.6 Å². The molecule has 6 heteroatoms. The summed E-state index contributed by atoms with van der Waals surface area (Å²) >= 11 is 0. The van der Waals surface area contributed by atoms with Gasteiger partial charge in [0.15, 0.2) is 0 Å². The standard InChI is InChI=1S/C18H16BN4.C16H36N/c1-3-9-17(10-4-1)19(22-15-7-13-20-22,23-16-8-14-21-23)18-11-5-2-6-12-18;1-5-9-13-17(14-10-6-2,15-11-7-3)16-12-8-4/h1-16H;5-16H2,1-4H3/q-1;+1. The lowest BCUT2D eigenvalue weighted by Crippen LogP contribution is -2.70. The molecule has 0 saturated carbocycles. The zero-order chi connectivity index (χ0) is 28.5. The third kappa shape index (κ3) is 7.97. The summed E-state index contributed by atoms with van der Waals surface area (Å²) in [4.78, 5) is 0. The maximum absolute atomic E-state index is 4.58. The average Bonchev–Trinajstić information content (AvgIpc) is 3.75. The molecule has 40 heavy (non-hydrogen) atoms. The van der Waals surface area contributed by atoms with Gasteiger partial charge in [-0.3, -0.25) is 0 Å². The summed E-state index contributed by atoms with van der Waals surface area (Å²) in [6, 6.07) is 24.7. The van der Waals surface area contributed by atoms with Crippen LogP contribution in [-0.4, -0.2) is 56.5 Å². The first-order chi connectivity index (χ1) is 19.7. The maximum atomic E-state index is 4.58. The number of nitrogens with zero attached hydrogens (tertiary/aromatic N) is 5. The number of unbranched alkanes of at least 4 members (excludes halogenated alkanes) is 4. The van der Waals surface area contributed by atoms with Crippen molar-refractivity contribution >= 4 is 17.3 Å². The predicted molar refractivity (Wildman–Crippen MR) is 173 cm³/mol. The Balaban J connectivity index is 0.000000234. The van der Waals surface area contributed by atoms with Crippen molar-refractivity contribution in [2.45, 2.75) is 79.1 Å². The van der Waals surface area contributed by atoms with Gasteiger partial charge in [-0.15, -0.1) is 0 Å². The van der Waals surface area contributed by atoms with Crippen LogP contribution in [0.3, 0.4) is 0 Å². The van der Waals surface area contributed by atoms with Gasteiger partial charge in [-0.2, -0.15) is 10.9 Å². The van der Waals surface area contributed by atoms with E-state index in [1.807, 2.05) is 58.2 Å². The monoisotopic (exact) mass is 541 g/mol. The maximum Gasteiger partial charge on any atom is 0.278 e. The molecule has 0 spiro atoms. The molecule has 0 saturated heterocycles. The summed E-state index contributed by atoms with van der Waals surface area (Å²) in [5, 5.41) is 9.16. The molecule has 0 aliphatic carbocycles. The highest BCUT2D eigenvalue weighted by Crippen LogP contribution is 2.16. The Labute approximate surface area is 243 Å². The summed E-state index contributed by atoms with van der Waals surface area (Å²) in [6.45, 7) is 15.0. The molecular formula is C34H52BN5. The Bertz CT molecular complexity index is 1030. The van der Waals surface area contributed by atoms with Crippen LogP contribution in [0.5, 0.6) is 0 Å². The van der Waals surface area contributed by atoms with Crippen LogP contribution < -0.4 is 10.9 Å². The van der Waals surface area contributed by atoms with Crippen LogP contribution in [-0.2, 0) is 0 Å². The Morgan fingerprint density at radius 1 is 0.525 bits per heavy atom. The minimum absolute atomic E-state index is 1.16. The van der Waals surface area contributed by atoms with Crippen LogP contribution >= 0.6 is 0 Å². The Hall–Kier alpha value is -3.12. The molecule has 0 aliphatic heterocycles. The fraction of sp³-hybridized carbons (Fsp3) is 0.471. The summed E-state index contributed by atoms with van der Waals surface area (Å²) in [5.41, 5.74) is 2.32. The van der Waals surface area contributed by atoms with E-state index in [0.717, 1.165) is 10.9 Å². The summed E-state index contributed by atoms with van der Waals surface area (Å²) in [6.07, 6.45) is 17.2. The van der Waals surface area contributed by atoms with E-state index in [1.54, 1.807) is 0 Å². The van der Waals surface area contributed by atoms with Gasteiger partial charge in [-0.25, -0.2) is 10.2 Å². The van der Waals surface area contributed by atoms with Crippen LogP contribution in [0.15, 0.2) is 97.6 Å². The van der Waals surface area contributed by atoms with E-state index in [-0.39, 0.29) is 0 Å². The van der Waals surface area contributed by atoms with Crippen LogP contribution in [0.25, 0.3) is 0 Å². The number of quaternary nitrogens is 1. The number of aromatic nitrogens is 4. The van der Waals surface area contributed by atoms with Gasteiger partial charge in [0.05, 0.1) is 26.2 Å². The van der Waals surface area contributed by atoms with Crippen LogP contribution in [0.4, 0.5) is 0 Å². The van der Waals surface area contributed by atoms with Gasteiger partial charge in [0.25, 0.3) is 6.42 Å². The average molecular weight is 542 g/mol. The second-order valence-electron chi connectivity index (χ2n) is 11.2. The van der Waals surface area contributed by atoms with Crippen molar-refractivity contribution in [2.75, 3.05) is 26.2 Å². The molecule has 216 valence electrons. The molecule has 2 heterocycles. The second-order valence-corrected chi connectivity index (χ2v) is 11.2. The fourth-order valence-electron chi connectivity index (χ4n) is 6.02. The van der Waals surface area contributed by atoms with Gasteiger partial charge in [0.1, 0.15) is 0 Å². The molecular weight excluding hydrogens is 489 g/mol. The first-order valence-corrected chi connectivity index (χ1v) is 15.8. The largest absolute Gasteiger partial charge is 0.413 e. The van der Waals surface area contributed by atoms with E-state index in [1.165, 1.54) is 82.0 Å². The van der Waals surface area contributed by atoms with E-state index in [0.29, 0.717) is 0 Å². The van der Waals surface area contributed by atoms with E-state index in [4.69, 9.17) is 0 Å². The van der Waals surface area contributed by atoms with E-state index in [2.05, 4.69) is 86.4 Å². The van der Waals surface area contributed by atoms with E-state index < -0.39 is 6.42 Å². The molecule has 0 unspecified atom stereocenters. The highest BCUT2D eigenvalue weighted by Gasteiger charge is 2.34. The van der Waals surface area contributed by atoms with Gasteiger partial charge in [-0.1, -0.05) is 114 Å². The Morgan fingerprint density at radius 2 is 0.875 bits per heavy atom. The second kappa shape index (κ2) is 16.9. The summed E-state index contributed by atoms with van der Waals surface area (Å²) in [5.74, 6) is 0. The minimum atomic E-state index is -1.52. The smallest absolute Gasteiger partial charge is 0.278 e. The van der Waals surface area contributed by atoms with Gasteiger partial charge in [-0.05, 0) is 50.2 Å². The topological polar surface area (TPSA) is 35.6 Å². The molecule has 4 rings (SSSR count). The SMILES string of the molecule is CCCC[N+](CCCC)(CCCC)CCCC.c1ccc([B-](c2ccccc2)(n2cccn2)n2cccn2)cc1. The first kappa shape index (κ1) is 31.4. The first-order valence-electron chi connectivity index (χ1n) is 15.8. The third-order valence-electron chi connectivity index (χ3n) is 8.29. The number of benzene rings is 2. The van der Waals surface area contributed by atoms with Crippen molar-refractivity contribution < 1.29 is 4.48 Å². The van der Waals surface area contributed by atoms with Gasteiger partial charge >= 0.3 is 0 Å². The lowest BCUT2D eigenvalue weighted by molar-refractivity contribution is -0.929. The lowest BCUT2D eigenvalue weighted by atomic mass is 9.37. The molecule has 4 aromatic rings. The lowest BCUT2D eigenvalue weighted by Gasteiger charge is -2.43. The van der Waals surface area contributed by atoms with Crippen LogP contribution in [0.1, 0.15) is 79.1 Å². The van der Waals surface area contributed by atoms with Crippen LogP contribution in [0.2, 0.25) is 0 Å². The van der Waals surface area contributed by atoms with Crippen molar-refractivity contribution in [2.24, 2.45) is 0 Å². The molecule has 2 aromatic carbocycles. The number of hydrogen-bond donors (Lipinski definition) is 0. The van der Waals surface area contributed by atoms with Gasteiger partial charge in [0.2, 0.25) is 0 Å². The molecule has 0 atom stereocenters. The zero-order valence-corrected chi connectivity index (χ0v) is 25.5. The fourth-order valence-corrected chi connectivity index (χ4v) is 6.02. The normalized spacial score (nSPS) is 11.7. The molecule has 0 fully saturated rings. The highest BCUT2D eigenvalue weighted by atomic mass is 15.4. The summed E-state index contributed by atoms with van der Waals surface area (Å²) in [7, 11) is 0. The third-order valence-corrected chi connectivity index (χ3v) is 8.29. The molecule has 2 aromatic heterocycles. The minimum Gasteiger partial charge on any atom is -0.413 e. The molecule has 0 bridgehead atoms.